The Labute approximate surface area is 113 Å². The molecule has 1 aliphatic heterocycles. The molecule has 0 bridgehead atoms. The monoisotopic (exact) mass is 295 g/mol. The zero-order chi connectivity index (χ0) is 14.0. The molecule has 2 rings (SSSR count). The van der Waals surface area contributed by atoms with E-state index in [0.717, 1.165) is 10.6 Å². The lowest BCUT2D eigenvalue weighted by Gasteiger charge is -2.33. The van der Waals surface area contributed by atoms with E-state index in [0.29, 0.717) is 13.1 Å². The maximum absolute atomic E-state index is 12.6. The van der Waals surface area contributed by atoms with E-state index in [1.165, 1.54) is 11.5 Å². The second-order valence-corrected chi connectivity index (χ2v) is 5.71. The number of halogens is 3. The van der Waals surface area contributed by atoms with Crippen molar-refractivity contribution in [3.8, 4) is 0 Å². The van der Waals surface area contributed by atoms with Crippen molar-refractivity contribution < 1.29 is 17.9 Å². The summed E-state index contributed by atoms with van der Waals surface area (Å²) in [5.41, 5.74) is 0.875. The summed E-state index contributed by atoms with van der Waals surface area (Å²) in [6.07, 6.45) is -5.99. The molecule has 0 saturated carbocycles. The van der Waals surface area contributed by atoms with E-state index in [2.05, 4.69) is 9.59 Å². The first kappa shape index (κ1) is 14.7. The Kier molecular flexibility index (Phi) is 4.42. The molecular formula is C11H16F3N3OS. The summed E-state index contributed by atoms with van der Waals surface area (Å²) in [5.74, 6) is 0.230. The molecule has 0 spiro atoms. The molecule has 1 unspecified atom stereocenters. The third-order valence-electron chi connectivity index (χ3n) is 3.02. The highest BCUT2D eigenvalue weighted by atomic mass is 32.1. The van der Waals surface area contributed by atoms with Gasteiger partial charge in [-0.15, -0.1) is 5.10 Å². The van der Waals surface area contributed by atoms with E-state index in [-0.39, 0.29) is 19.1 Å². The van der Waals surface area contributed by atoms with Gasteiger partial charge in [0.15, 0.2) is 6.10 Å². The number of hydrogen-bond donors (Lipinski definition) is 0. The Bertz CT molecular complexity index is 422. The van der Waals surface area contributed by atoms with Crippen molar-refractivity contribution in [2.24, 2.45) is 0 Å². The molecule has 4 nitrogen and oxygen atoms in total. The number of rotatable bonds is 3. The number of alkyl halides is 3. The van der Waals surface area contributed by atoms with Crippen LogP contribution in [0.15, 0.2) is 0 Å². The van der Waals surface area contributed by atoms with E-state index >= 15 is 0 Å². The minimum absolute atomic E-state index is 0.105. The van der Waals surface area contributed by atoms with Crippen molar-refractivity contribution in [1.82, 2.24) is 14.5 Å². The normalized spacial score (nSPS) is 22.1. The minimum atomic E-state index is -4.30. The predicted molar refractivity (Wildman–Crippen MR) is 65.1 cm³/mol. The van der Waals surface area contributed by atoms with Crippen LogP contribution >= 0.6 is 11.5 Å². The van der Waals surface area contributed by atoms with Crippen LogP contribution in [0.25, 0.3) is 0 Å². The number of hydrogen-bond acceptors (Lipinski definition) is 5. The van der Waals surface area contributed by atoms with Crippen LogP contribution < -0.4 is 0 Å². The Hall–Kier alpha value is -0.730. The van der Waals surface area contributed by atoms with E-state index in [9.17, 15) is 13.2 Å². The highest BCUT2D eigenvalue weighted by molar-refractivity contribution is 7.05. The second kappa shape index (κ2) is 5.72. The molecule has 108 valence electrons. The molecule has 8 heteroatoms. The average Bonchev–Trinajstić information content (AvgIpc) is 2.76. The molecule has 1 saturated heterocycles. The van der Waals surface area contributed by atoms with Gasteiger partial charge in [0, 0.05) is 19.6 Å². The van der Waals surface area contributed by atoms with Crippen molar-refractivity contribution in [3.63, 3.8) is 0 Å². The van der Waals surface area contributed by atoms with E-state index in [1.54, 1.807) is 4.90 Å². The van der Waals surface area contributed by atoms with Gasteiger partial charge in [0.25, 0.3) is 0 Å². The summed E-state index contributed by atoms with van der Waals surface area (Å²) in [7, 11) is 0. The largest absolute Gasteiger partial charge is 0.415 e. The molecule has 1 aromatic heterocycles. The fourth-order valence-electron chi connectivity index (χ4n) is 2.01. The van der Waals surface area contributed by atoms with Gasteiger partial charge in [-0.05, 0) is 17.5 Å². The van der Waals surface area contributed by atoms with Crippen LogP contribution in [-0.2, 0) is 11.3 Å². The van der Waals surface area contributed by atoms with Gasteiger partial charge in [0.2, 0.25) is 0 Å². The van der Waals surface area contributed by atoms with Crippen LogP contribution in [0, 0.1) is 0 Å². The lowest BCUT2D eigenvalue weighted by molar-refractivity contribution is -0.237. The lowest BCUT2D eigenvalue weighted by Crippen LogP contribution is -2.48. The summed E-state index contributed by atoms with van der Waals surface area (Å²) in [4.78, 5) is 2.70. The van der Waals surface area contributed by atoms with Gasteiger partial charge in [-0.3, -0.25) is 4.90 Å². The molecule has 0 aromatic carbocycles. The summed E-state index contributed by atoms with van der Waals surface area (Å²) in [6.45, 7) is 4.94. The Balaban J connectivity index is 2.01. The summed E-state index contributed by atoms with van der Waals surface area (Å²) in [5, 5.41) is 4.04. The Morgan fingerprint density at radius 2 is 2.21 bits per heavy atom. The molecule has 19 heavy (non-hydrogen) atoms. The van der Waals surface area contributed by atoms with Crippen LogP contribution in [0.1, 0.15) is 30.3 Å². The van der Waals surface area contributed by atoms with Crippen LogP contribution in [0.2, 0.25) is 0 Å². The summed E-state index contributed by atoms with van der Waals surface area (Å²) < 4.78 is 46.5. The van der Waals surface area contributed by atoms with Crippen molar-refractivity contribution in [2.75, 3.05) is 19.7 Å². The fourth-order valence-corrected chi connectivity index (χ4v) is 2.85. The zero-order valence-electron chi connectivity index (χ0n) is 10.8. The van der Waals surface area contributed by atoms with Crippen molar-refractivity contribution in [1.29, 1.82) is 0 Å². The quantitative estimate of drug-likeness (QED) is 0.858. The van der Waals surface area contributed by atoms with Crippen molar-refractivity contribution in [3.05, 3.63) is 10.6 Å². The Morgan fingerprint density at radius 3 is 2.84 bits per heavy atom. The Morgan fingerprint density at radius 1 is 1.47 bits per heavy atom. The molecule has 0 N–H and O–H groups in total. The molecule has 1 aliphatic rings. The SMILES string of the molecule is CC(C)c1nnsc1CN1CCOC(C(F)(F)F)C1. The molecule has 1 fully saturated rings. The van der Waals surface area contributed by atoms with E-state index in [4.69, 9.17) is 4.74 Å². The van der Waals surface area contributed by atoms with Gasteiger partial charge in [0.05, 0.1) is 17.2 Å². The van der Waals surface area contributed by atoms with Gasteiger partial charge in [-0.1, -0.05) is 18.3 Å². The smallest absolute Gasteiger partial charge is 0.366 e. The number of morpholine rings is 1. The second-order valence-electron chi connectivity index (χ2n) is 4.87. The van der Waals surface area contributed by atoms with Gasteiger partial charge >= 0.3 is 6.18 Å². The van der Waals surface area contributed by atoms with Gasteiger partial charge in [-0.25, -0.2) is 0 Å². The van der Waals surface area contributed by atoms with E-state index in [1.807, 2.05) is 13.8 Å². The fraction of sp³-hybridized carbons (Fsp3) is 0.818. The highest BCUT2D eigenvalue weighted by Crippen LogP contribution is 2.27. The molecule has 0 amide bonds. The minimum Gasteiger partial charge on any atom is -0.366 e. The van der Waals surface area contributed by atoms with Gasteiger partial charge < -0.3 is 4.74 Å². The first-order valence-corrected chi connectivity index (χ1v) is 6.87. The maximum atomic E-state index is 12.6. The zero-order valence-corrected chi connectivity index (χ0v) is 11.6. The summed E-state index contributed by atoms with van der Waals surface area (Å²) in [6, 6.07) is 0. The topological polar surface area (TPSA) is 38.2 Å². The van der Waals surface area contributed by atoms with Crippen LogP contribution in [0.3, 0.4) is 0 Å². The van der Waals surface area contributed by atoms with Crippen molar-refractivity contribution in [2.45, 2.75) is 38.6 Å². The van der Waals surface area contributed by atoms with Gasteiger partial charge in [0.1, 0.15) is 0 Å². The standard InChI is InChI=1S/C11H16F3N3OS/c1-7(2)10-8(19-16-15-10)5-17-3-4-18-9(6-17)11(12,13)14/h7,9H,3-6H2,1-2H3. The molecule has 0 aliphatic carbocycles. The molecular weight excluding hydrogens is 279 g/mol. The van der Waals surface area contributed by atoms with E-state index < -0.39 is 12.3 Å². The highest BCUT2D eigenvalue weighted by Gasteiger charge is 2.43. The average molecular weight is 295 g/mol. The van der Waals surface area contributed by atoms with Crippen LogP contribution in [0.4, 0.5) is 13.2 Å². The first-order valence-electron chi connectivity index (χ1n) is 6.09. The van der Waals surface area contributed by atoms with Crippen molar-refractivity contribution >= 4 is 11.5 Å². The molecule has 0 radical (unpaired) electrons. The lowest BCUT2D eigenvalue weighted by atomic mass is 10.1. The third kappa shape index (κ3) is 3.64. The predicted octanol–water partition coefficient (Wildman–Crippen LogP) is 2.42. The molecule has 1 atom stereocenters. The molecule has 2 heterocycles. The first-order chi connectivity index (χ1) is 8.88. The van der Waals surface area contributed by atoms with Crippen LogP contribution in [0.5, 0.6) is 0 Å². The molecule has 1 aromatic rings. The maximum Gasteiger partial charge on any atom is 0.415 e. The number of aromatic nitrogens is 2. The number of nitrogens with zero attached hydrogens (tertiary/aromatic N) is 3. The summed E-state index contributed by atoms with van der Waals surface area (Å²) >= 11 is 1.26. The number of ether oxygens (including phenoxy) is 1. The van der Waals surface area contributed by atoms with Crippen LogP contribution in [-0.4, -0.2) is 46.5 Å². The van der Waals surface area contributed by atoms with Gasteiger partial charge in [-0.2, -0.15) is 13.2 Å². The third-order valence-corrected chi connectivity index (χ3v) is 3.74.